The molecule has 162 valence electrons. The number of methoxy groups -OCH3 is 1. The van der Waals surface area contributed by atoms with Gasteiger partial charge in [-0.3, -0.25) is 4.79 Å². The number of aromatic nitrogens is 1. The number of ether oxygens (including phenoxy) is 3. The van der Waals surface area contributed by atoms with Crippen LogP contribution in [0.15, 0.2) is 47.8 Å². The molecule has 4 rings (SSSR count). The van der Waals surface area contributed by atoms with Crippen LogP contribution in [0.2, 0.25) is 0 Å². The average Bonchev–Trinajstić information content (AvgIpc) is 3.25. The third kappa shape index (κ3) is 4.66. The second-order valence-corrected chi connectivity index (χ2v) is 8.28. The zero-order chi connectivity index (χ0) is 21.8. The highest BCUT2D eigenvalue weighted by molar-refractivity contribution is 7.09. The molecule has 0 saturated carbocycles. The minimum Gasteiger partial charge on any atom is -0.497 e. The van der Waals surface area contributed by atoms with Gasteiger partial charge in [-0.05, 0) is 62.2 Å². The summed E-state index contributed by atoms with van der Waals surface area (Å²) in [5, 5.41) is 3.19. The number of carbonyl (C=O) groups is 1. The van der Waals surface area contributed by atoms with E-state index in [1.807, 2.05) is 42.5 Å². The van der Waals surface area contributed by atoms with Gasteiger partial charge in [-0.1, -0.05) is 6.92 Å². The second kappa shape index (κ2) is 9.39. The summed E-state index contributed by atoms with van der Waals surface area (Å²) in [6.07, 6.45) is 1.51. The summed E-state index contributed by atoms with van der Waals surface area (Å²) in [6.45, 7) is 4.71. The summed E-state index contributed by atoms with van der Waals surface area (Å²) < 4.78 is 16.9. The third-order valence-corrected chi connectivity index (χ3v) is 6.03. The fraction of sp³-hybridized carbons (Fsp3) is 0.333. The molecule has 1 amide bonds. The number of nitrogens with zero attached hydrogens (tertiary/aromatic N) is 2. The normalized spacial score (nSPS) is 15.4. The highest BCUT2D eigenvalue weighted by Crippen LogP contribution is 2.37. The molecule has 1 aromatic heterocycles. The lowest BCUT2D eigenvalue weighted by Crippen LogP contribution is -2.46. The number of rotatable bonds is 8. The Kier molecular flexibility index (Phi) is 6.42. The van der Waals surface area contributed by atoms with Gasteiger partial charge in [0.25, 0.3) is 5.91 Å². The number of amides is 1. The monoisotopic (exact) mass is 438 g/mol. The lowest BCUT2D eigenvalue weighted by molar-refractivity contribution is -0.125. The number of fused-ring (bicyclic) bond motifs is 1. The van der Waals surface area contributed by atoms with Gasteiger partial charge in [0.15, 0.2) is 6.10 Å². The molecule has 2 heterocycles. The van der Waals surface area contributed by atoms with Crippen molar-refractivity contribution in [2.45, 2.75) is 32.8 Å². The summed E-state index contributed by atoms with van der Waals surface area (Å²) in [7, 11) is 1.63. The smallest absolute Gasteiger partial charge is 0.267 e. The highest BCUT2D eigenvalue weighted by Gasteiger charge is 2.31. The minimum absolute atomic E-state index is 0.0760. The van der Waals surface area contributed by atoms with Crippen LogP contribution in [0.5, 0.6) is 17.2 Å². The van der Waals surface area contributed by atoms with Crippen molar-refractivity contribution in [3.63, 3.8) is 0 Å². The summed E-state index contributed by atoms with van der Waals surface area (Å²) >= 11 is 1.67. The highest BCUT2D eigenvalue weighted by atomic mass is 32.1. The number of aryl methyl sites for hydroxylation is 1. The van der Waals surface area contributed by atoms with Crippen molar-refractivity contribution in [2.75, 3.05) is 25.2 Å². The molecule has 31 heavy (non-hydrogen) atoms. The molecule has 1 aliphatic heterocycles. The molecule has 0 saturated heterocycles. The molecule has 6 nitrogen and oxygen atoms in total. The minimum atomic E-state index is -0.533. The van der Waals surface area contributed by atoms with E-state index in [0.29, 0.717) is 18.9 Å². The van der Waals surface area contributed by atoms with Crippen molar-refractivity contribution < 1.29 is 19.0 Å². The molecule has 0 fully saturated rings. The van der Waals surface area contributed by atoms with Crippen LogP contribution in [0.1, 0.15) is 25.3 Å². The van der Waals surface area contributed by atoms with Gasteiger partial charge in [-0.25, -0.2) is 4.98 Å². The van der Waals surface area contributed by atoms with Gasteiger partial charge in [0, 0.05) is 10.9 Å². The van der Waals surface area contributed by atoms with Crippen LogP contribution in [0.25, 0.3) is 11.3 Å². The summed E-state index contributed by atoms with van der Waals surface area (Å²) in [4.78, 5) is 19.3. The first-order valence-corrected chi connectivity index (χ1v) is 11.3. The first-order valence-electron chi connectivity index (χ1n) is 10.4. The van der Waals surface area contributed by atoms with Crippen molar-refractivity contribution >= 4 is 22.9 Å². The van der Waals surface area contributed by atoms with Gasteiger partial charge < -0.3 is 19.1 Å². The summed E-state index contributed by atoms with van der Waals surface area (Å²) in [6, 6.07) is 13.3. The molecule has 0 bridgehead atoms. The van der Waals surface area contributed by atoms with Crippen LogP contribution in [0.4, 0.5) is 5.69 Å². The van der Waals surface area contributed by atoms with Crippen molar-refractivity contribution in [3.8, 4) is 28.5 Å². The molecule has 0 spiro atoms. The van der Waals surface area contributed by atoms with Gasteiger partial charge in [0.1, 0.15) is 23.9 Å². The predicted molar refractivity (Wildman–Crippen MR) is 122 cm³/mol. The number of thiazole rings is 1. The Morgan fingerprint density at radius 1 is 1.16 bits per heavy atom. The molecule has 0 N–H and O–H groups in total. The van der Waals surface area contributed by atoms with E-state index in [1.165, 1.54) is 0 Å². The van der Waals surface area contributed by atoms with Crippen molar-refractivity contribution in [3.05, 3.63) is 52.9 Å². The molecular weight excluding hydrogens is 412 g/mol. The fourth-order valence-electron chi connectivity index (χ4n) is 3.50. The van der Waals surface area contributed by atoms with Crippen LogP contribution in [-0.2, 0) is 11.2 Å². The number of benzene rings is 2. The van der Waals surface area contributed by atoms with Gasteiger partial charge in [-0.2, -0.15) is 0 Å². The SMILES string of the molecule is CCCc1nc(-c2ccc3c(c2)N(CCOc2ccc(OC)cc2)C(=O)C(C)O3)cs1. The number of hydrogen-bond donors (Lipinski definition) is 0. The zero-order valence-corrected chi connectivity index (χ0v) is 18.8. The number of carbonyl (C=O) groups excluding carboxylic acids is 1. The van der Waals surface area contributed by atoms with Crippen LogP contribution in [-0.4, -0.2) is 37.3 Å². The molecule has 3 aromatic rings. The molecule has 7 heteroatoms. The lowest BCUT2D eigenvalue weighted by Gasteiger charge is -2.33. The van der Waals surface area contributed by atoms with Gasteiger partial charge in [0.2, 0.25) is 0 Å². The van der Waals surface area contributed by atoms with E-state index in [0.717, 1.165) is 46.3 Å². The van der Waals surface area contributed by atoms with E-state index < -0.39 is 6.10 Å². The van der Waals surface area contributed by atoms with Gasteiger partial charge in [-0.15, -0.1) is 11.3 Å². The van der Waals surface area contributed by atoms with E-state index in [2.05, 4.69) is 12.3 Å². The number of hydrogen-bond acceptors (Lipinski definition) is 6. The van der Waals surface area contributed by atoms with Crippen LogP contribution >= 0.6 is 11.3 Å². The van der Waals surface area contributed by atoms with Crippen molar-refractivity contribution in [1.29, 1.82) is 0 Å². The fourth-order valence-corrected chi connectivity index (χ4v) is 4.41. The maximum atomic E-state index is 12.9. The quantitative estimate of drug-likeness (QED) is 0.497. The maximum absolute atomic E-state index is 12.9. The summed E-state index contributed by atoms with van der Waals surface area (Å²) in [5.41, 5.74) is 2.66. The van der Waals surface area contributed by atoms with E-state index in [4.69, 9.17) is 19.2 Å². The van der Waals surface area contributed by atoms with Crippen molar-refractivity contribution in [1.82, 2.24) is 4.98 Å². The maximum Gasteiger partial charge on any atom is 0.267 e. The topological polar surface area (TPSA) is 60.9 Å². The zero-order valence-electron chi connectivity index (χ0n) is 18.0. The largest absolute Gasteiger partial charge is 0.497 e. The Hall–Kier alpha value is -3.06. The molecular formula is C24H26N2O4S. The molecule has 0 aliphatic carbocycles. The Labute approximate surface area is 186 Å². The van der Waals surface area contributed by atoms with Crippen LogP contribution < -0.4 is 19.1 Å². The number of anilines is 1. The van der Waals surface area contributed by atoms with Gasteiger partial charge in [0.05, 0.1) is 30.0 Å². The third-order valence-electron chi connectivity index (χ3n) is 5.12. The first-order chi connectivity index (χ1) is 15.1. The molecule has 0 radical (unpaired) electrons. The Morgan fingerprint density at radius 2 is 1.94 bits per heavy atom. The van der Waals surface area contributed by atoms with E-state index in [1.54, 1.807) is 30.3 Å². The Balaban J connectivity index is 1.52. The lowest BCUT2D eigenvalue weighted by atomic mass is 10.1. The van der Waals surface area contributed by atoms with E-state index in [-0.39, 0.29) is 5.91 Å². The Bertz CT molecular complexity index is 1050. The van der Waals surface area contributed by atoms with Crippen LogP contribution in [0, 0.1) is 0 Å². The molecule has 2 aromatic carbocycles. The first kappa shape index (κ1) is 21.2. The average molecular weight is 439 g/mol. The predicted octanol–water partition coefficient (Wildman–Crippen LogP) is 4.96. The van der Waals surface area contributed by atoms with E-state index >= 15 is 0 Å². The van der Waals surface area contributed by atoms with Crippen molar-refractivity contribution in [2.24, 2.45) is 0 Å². The molecule has 1 unspecified atom stereocenters. The van der Waals surface area contributed by atoms with E-state index in [9.17, 15) is 4.79 Å². The van der Waals surface area contributed by atoms with Crippen LogP contribution in [0.3, 0.4) is 0 Å². The molecule has 1 atom stereocenters. The summed E-state index contributed by atoms with van der Waals surface area (Å²) in [5.74, 6) is 2.13. The second-order valence-electron chi connectivity index (χ2n) is 7.33. The Morgan fingerprint density at radius 3 is 2.68 bits per heavy atom. The standard InChI is InChI=1S/C24H26N2O4S/c1-4-5-23-25-20(15-31-23)17-6-11-22-21(14-17)26(24(27)16(2)30-22)12-13-29-19-9-7-18(28-3)8-10-19/h6-11,14-16H,4-5,12-13H2,1-3H3. The van der Waals surface area contributed by atoms with Gasteiger partial charge >= 0.3 is 0 Å². The molecule has 1 aliphatic rings.